The Hall–Kier alpha value is -1.56. The Labute approximate surface area is 113 Å². The van der Waals surface area contributed by atoms with Crippen LogP contribution in [0.5, 0.6) is 0 Å². The van der Waals surface area contributed by atoms with Gasteiger partial charge in [0.2, 0.25) is 0 Å². The number of rotatable bonds is 5. The number of anilines is 1. The predicted molar refractivity (Wildman–Crippen MR) is 74.9 cm³/mol. The van der Waals surface area contributed by atoms with E-state index >= 15 is 0 Å². The standard InChI is InChI=1S/C13H23N5O/c1-3-17-6-5-10(9-17)7-15-13(19)12-11(14)8-16-18(12)4-2/h8,10H,3-7,9,14H2,1-2H3,(H,15,19). The van der Waals surface area contributed by atoms with Crippen molar-refractivity contribution in [2.24, 2.45) is 5.92 Å². The molecule has 2 heterocycles. The lowest BCUT2D eigenvalue weighted by Crippen LogP contribution is -2.32. The van der Waals surface area contributed by atoms with Crippen LogP contribution in [0.25, 0.3) is 0 Å². The van der Waals surface area contributed by atoms with Gasteiger partial charge in [0.15, 0.2) is 0 Å². The average molecular weight is 265 g/mol. The van der Waals surface area contributed by atoms with Gasteiger partial charge in [-0.25, -0.2) is 0 Å². The smallest absolute Gasteiger partial charge is 0.271 e. The molecule has 19 heavy (non-hydrogen) atoms. The number of nitrogen functional groups attached to an aromatic ring is 1. The fourth-order valence-electron chi connectivity index (χ4n) is 2.58. The van der Waals surface area contributed by atoms with Crippen LogP contribution in [0, 0.1) is 5.92 Å². The first-order valence-electron chi connectivity index (χ1n) is 6.97. The fourth-order valence-corrected chi connectivity index (χ4v) is 2.58. The van der Waals surface area contributed by atoms with Gasteiger partial charge >= 0.3 is 0 Å². The van der Waals surface area contributed by atoms with E-state index in [1.54, 1.807) is 4.68 Å². The van der Waals surface area contributed by atoms with Gasteiger partial charge in [0.1, 0.15) is 5.69 Å². The second kappa shape index (κ2) is 6.06. The van der Waals surface area contributed by atoms with Crippen molar-refractivity contribution < 1.29 is 4.79 Å². The van der Waals surface area contributed by atoms with Crippen molar-refractivity contribution in [2.75, 3.05) is 31.9 Å². The normalized spacial score (nSPS) is 19.8. The molecule has 1 unspecified atom stereocenters. The third-order valence-corrected chi connectivity index (χ3v) is 3.75. The molecule has 0 aromatic carbocycles. The van der Waals surface area contributed by atoms with Crippen LogP contribution in [0.4, 0.5) is 5.69 Å². The zero-order valence-electron chi connectivity index (χ0n) is 11.7. The van der Waals surface area contributed by atoms with Crippen LogP contribution in [0.1, 0.15) is 30.8 Å². The number of aryl methyl sites for hydroxylation is 1. The third-order valence-electron chi connectivity index (χ3n) is 3.75. The molecule has 0 radical (unpaired) electrons. The SMILES string of the molecule is CCN1CCC(CNC(=O)c2c(N)cnn2CC)C1. The molecule has 1 aromatic heterocycles. The molecule has 1 saturated heterocycles. The number of aromatic nitrogens is 2. The van der Waals surface area contributed by atoms with Crippen LogP contribution < -0.4 is 11.1 Å². The summed E-state index contributed by atoms with van der Waals surface area (Å²) in [4.78, 5) is 14.6. The van der Waals surface area contributed by atoms with Gasteiger partial charge in [-0.2, -0.15) is 5.10 Å². The van der Waals surface area contributed by atoms with E-state index in [2.05, 4.69) is 22.2 Å². The Morgan fingerprint density at radius 1 is 1.53 bits per heavy atom. The Balaban J connectivity index is 1.89. The van der Waals surface area contributed by atoms with E-state index in [-0.39, 0.29) is 5.91 Å². The van der Waals surface area contributed by atoms with Crippen molar-refractivity contribution in [1.82, 2.24) is 20.0 Å². The molecule has 1 atom stereocenters. The molecule has 1 amide bonds. The van der Waals surface area contributed by atoms with Crippen molar-refractivity contribution in [3.8, 4) is 0 Å². The van der Waals surface area contributed by atoms with Gasteiger partial charge in [0.05, 0.1) is 11.9 Å². The minimum atomic E-state index is -0.119. The molecule has 0 saturated carbocycles. The molecule has 3 N–H and O–H groups in total. The van der Waals surface area contributed by atoms with Crippen molar-refractivity contribution in [1.29, 1.82) is 0 Å². The number of nitrogens with zero attached hydrogens (tertiary/aromatic N) is 3. The van der Waals surface area contributed by atoms with E-state index in [4.69, 9.17) is 5.73 Å². The molecule has 0 spiro atoms. The summed E-state index contributed by atoms with van der Waals surface area (Å²) < 4.78 is 1.64. The summed E-state index contributed by atoms with van der Waals surface area (Å²) >= 11 is 0. The van der Waals surface area contributed by atoms with Gasteiger partial charge in [-0.3, -0.25) is 9.48 Å². The van der Waals surface area contributed by atoms with Crippen LogP contribution >= 0.6 is 0 Å². The Morgan fingerprint density at radius 3 is 2.95 bits per heavy atom. The molecule has 1 aliphatic rings. The number of hydrogen-bond acceptors (Lipinski definition) is 4. The topological polar surface area (TPSA) is 76.2 Å². The second-order valence-corrected chi connectivity index (χ2v) is 5.02. The lowest BCUT2D eigenvalue weighted by atomic mass is 10.1. The zero-order chi connectivity index (χ0) is 13.8. The van der Waals surface area contributed by atoms with Crippen molar-refractivity contribution in [2.45, 2.75) is 26.8 Å². The summed E-state index contributed by atoms with van der Waals surface area (Å²) in [6, 6.07) is 0. The summed E-state index contributed by atoms with van der Waals surface area (Å²) in [5.41, 5.74) is 6.72. The summed E-state index contributed by atoms with van der Waals surface area (Å²) in [5, 5.41) is 7.06. The summed E-state index contributed by atoms with van der Waals surface area (Å²) in [6.45, 7) is 8.75. The number of hydrogen-bond donors (Lipinski definition) is 2. The average Bonchev–Trinajstić information content (AvgIpc) is 3.02. The van der Waals surface area contributed by atoms with Gasteiger partial charge in [0, 0.05) is 19.6 Å². The highest BCUT2D eigenvalue weighted by Gasteiger charge is 2.23. The Morgan fingerprint density at radius 2 is 2.32 bits per heavy atom. The van der Waals surface area contributed by atoms with Crippen molar-refractivity contribution in [3.63, 3.8) is 0 Å². The molecule has 6 nitrogen and oxygen atoms in total. The number of amides is 1. The second-order valence-electron chi connectivity index (χ2n) is 5.02. The highest BCUT2D eigenvalue weighted by Crippen LogP contribution is 2.15. The molecule has 0 aliphatic carbocycles. The van der Waals surface area contributed by atoms with Crippen molar-refractivity contribution in [3.05, 3.63) is 11.9 Å². The lowest BCUT2D eigenvalue weighted by molar-refractivity contribution is 0.0937. The largest absolute Gasteiger partial charge is 0.396 e. The Kier molecular flexibility index (Phi) is 4.42. The first-order valence-corrected chi connectivity index (χ1v) is 6.97. The zero-order valence-corrected chi connectivity index (χ0v) is 11.7. The van der Waals surface area contributed by atoms with E-state index in [1.807, 2.05) is 6.92 Å². The molecule has 106 valence electrons. The maximum Gasteiger partial charge on any atom is 0.271 e. The van der Waals surface area contributed by atoms with Crippen molar-refractivity contribution >= 4 is 11.6 Å². The molecule has 0 bridgehead atoms. The molecule has 2 rings (SSSR count). The van der Waals surface area contributed by atoms with Gasteiger partial charge < -0.3 is 16.0 Å². The molecule has 1 aliphatic heterocycles. The number of carbonyl (C=O) groups is 1. The summed E-state index contributed by atoms with van der Waals surface area (Å²) in [5.74, 6) is 0.426. The van der Waals surface area contributed by atoms with Gasteiger partial charge in [-0.1, -0.05) is 6.92 Å². The van der Waals surface area contributed by atoms with E-state index in [0.29, 0.717) is 30.4 Å². The predicted octanol–water partition coefficient (Wildman–Crippen LogP) is 0.557. The maximum absolute atomic E-state index is 12.1. The van der Waals surface area contributed by atoms with Crippen LogP contribution in [-0.2, 0) is 6.54 Å². The minimum Gasteiger partial charge on any atom is -0.396 e. The van der Waals surface area contributed by atoms with Crippen LogP contribution in [0.15, 0.2) is 6.20 Å². The maximum atomic E-state index is 12.1. The fraction of sp³-hybridized carbons (Fsp3) is 0.692. The van der Waals surface area contributed by atoms with Crippen LogP contribution in [0.3, 0.4) is 0 Å². The molecule has 1 fully saturated rings. The van der Waals surface area contributed by atoms with Gasteiger partial charge in [-0.05, 0) is 32.4 Å². The third kappa shape index (κ3) is 3.07. The minimum absolute atomic E-state index is 0.119. The monoisotopic (exact) mass is 265 g/mol. The van der Waals surface area contributed by atoms with E-state index in [9.17, 15) is 4.79 Å². The van der Waals surface area contributed by atoms with E-state index in [0.717, 1.165) is 26.1 Å². The highest BCUT2D eigenvalue weighted by molar-refractivity contribution is 5.97. The first kappa shape index (κ1) is 13.9. The Bertz CT molecular complexity index is 442. The molecule has 6 heteroatoms. The van der Waals surface area contributed by atoms with Crippen LogP contribution in [-0.4, -0.2) is 46.8 Å². The number of likely N-dealkylation sites (tertiary alicyclic amines) is 1. The van der Waals surface area contributed by atoms with Gasteiger partial charge in [-0.15, -0.1) is 0 Å². The van der Waals surface area contributed by atoms with E-state index < -0.39 is 0 Å². The highest BCUT2D eigenvalue weighted by atomic mass is 16.2. The molecular formula is C13H23N5O. The summed E-state index contributed by atoms with van der Waals surface area (Å²) in [7, 11) is 0. The molecule has 1 aromatic rings. The number of carbonyl (C=O) groups excluding carboxylic acids is 1. The molecular weight excluding hydrogens is 242 g/mol. The first-order chi connectivity index (χ1) is 9.15. The van der Waals surface area contributed by atoms with Crippen LogP contribution in [0.2, 0.25) is 0 Å². The van der Waals surface area contributed by atoms with E-state index in [1.165, 1.54) is 6.20 Å². The lowest BCUT2D eigenvalue weighted by Gasteiger charge is -2.14. The van der Waals surface area contributed by atoms with Gasteiger partial charge in [0.25, 0.3) is 5.91 Å². The summed E-state index contributed by atoms with van der Waals surface area (Å²) in [6.07, 6.45) is 2.68. The number of nitrogens with two attached hydrogens (primary N) is 1. The quantitative estimate of drug-likeness (QED) is 0.815. The number of nitrogens with one attached hydrogen (secondary N) is 1.